The third-order valence-electron chi connectivity index (χ3n) is 2.51. The van der Waals surface area contributed by atoms with Crippen LogP contribution in [0, 0.1) is 0 Å². The van der Waals surface area contributed by atoms with Gasteiger partial charge in [0.15, 0.2) is 0 Å². The summed E-state index contributed by atoms with van der Waals surface area (Å²) in [4.78, 5) is 0. The summed E-state index contributed by atoms with van der Waals surface area (Å²) in [5, 5.41) is 16.1. The topological polar surface area (TPSA) is 121 Å². The molecular formula is C14H32Na2O6S. The normalized spacial score (nSPS) is 9.30. The Labute approximate surface area is 187 Å². The van der Waals surface area contributed by atoms with Gasteiger partial charge in [0.05, 0.1) is 0 Å². The molecule has 132 valence electrons. The Morgan fingerprint density at radius 2 is 0.913 bits per heavy atom. The molecule has 0 spiro atoms. The van der Waals surface area contributed by atoms with Crippen molar-refractivity contribution in [3.8, 4) is 0 Å². The van der Waals surface area contributed by atoms with E-state index in [1.165, 1.54) is 57.8 Å². The van der Waals surface area contributed by atoms with Gasteiger partial charge in [0.2, 0.25) is 0 Å². The minimum Gasteiger partial charge on any atom is -0.759 e. The summed E-state index contributed by atoms with van der Waals surface area (Å²) in [5.41, 5.74) is 0. The van der Waals surface area contributed by atoms with Crippen LogP contribution in [0.15, 0.2) is 0 Å². The molecule has 0 aliphatic carbocycles. The second-order valence-electron chi connectivity index (χ2n) is 4.63. The minimum atomic E-state index is -5.17. The van der Waals surface area contributed by atoms with E-state index in [9.17, 15) is 0 Å². The summed E-state index contributed by atoms with van der Waals surface area (Å²) >= 11 is 0. The van der Waals surface area contributed by atoms with E-state index in [1.54, 1.807) is 6.92 Å². The molecule has 9 heteroatoms. The standard InChI is InChI=1S/C12H26O.C2H6O.2Na.H2O4S/c1-2-3-4-5-6-7-8-9-10-11-12-13;1-2-3;;;1-5(2,3)4/h13H,2-12H2,1H3;3H,2H2,1H3;;;(H2,1,2,3,4)/q;;2*+1;/p-2. The van der Waals surface area contributed by atoms with Crippen LogP contribution >= 0.6 is 0 Å². The molecular weight excluding hydrogens is 342 g/mol. The fourth-order valence-corrected chi connectivity index (χ4v) is 1.60. The molecule has 0 aliphatic heterocycles. The summed E-state index contributed by atoms with van der Waals surface area (Å²) in [6.45, 7) is 4.56. The maximum Gasteiger partial charge on any atom is 1.00 e. The first-order valence-corrected chi connectivity index (χ1v) is 9.05. The number of aliphatic hydroxyl groups excluding tert-OH is 2. The van der Waals surface area contributed by atoms with Crippen molar-refractivity contribution in [2.24, 2.45) is 0 Å². The quantitative estimate of drug-likeness (QED) is 0.178. The largest absolute Gasteiger partial charge is 1.00 e. The second kappa shape index (κ2) is 31.5. The molecule has 0 heterocycles. The number of hydrogen-bond donors (Lipinski definition) is 2. The second-order valence-corrected chi connectivity index (χ2v) is 5.45. The molecule has 0 radical (unpaired) electrons. The molecule has 0 aromatic heterocycles. The Bertz CT molecular complexity index is 246. The van der Waals surface area contributed by atoms with Gasteiger partial charge in [-0.05, 0) is 13.3 Å². The molecule has 0 atom stereocenters. The van der Waals surface area contributed by atoms with Gasteiger partial charge in [-0.3, -0.25) is 8.42 Å². The Kier molecular flexibility index (Phi) is 49.1. The molecule has 0 unspecified atom stereocenters. The van der Waals surface area contributed by atoms with Crippen LogP contribution in [0.3, 0.4) is 0 Å². The van der Waals surface area contributed by atoms with Crippen LogP contribution in [0.2, 0.25) is 0 Å². The van der Waals surface area contributed by atoms with Crippen molar-refractivity contribution >= 4 is 10.4 Å². The van der Waals surface area contributed by atoms with Crippen LogP contribution in [-0.2, 0) is 10.4 Å². The molecule has 0 aliphatic rings. The molecule has 0 amide bonds. The minimum absolute atomic E-state index is 0. The molecule has 6 nitrogen and oxygen atoms in total. The van der Waals surface area contributed by atoms with Crippen molar-refractivity contribution in [1.82, 2.24) is 0 Å². The predicted octanol–water partition coefficient (Wildman–Crippen LogP) is -3.43. The van der Waals surface area contributed by atoms with Crippen molar-refractivity contribution < 1.29 is 86.9 Å². The molecule has 0 bridgehead atoms. The van der Waals surface area contributed by atoms with E-state index in [2.05, 4.69) is 6.92 Å². The predicted molar refractivity (Wildman–Crippen MR) is 82.2 cm³/mol. The molecule has 0 rings (SSSR count). The number of unbranched alkanes of at least 4 members (excludes halogenated alkanes) is 9. The van der Waals surface area contributed by atoms with Gasteiger partial charge in [-0.15, -0.1) is 0 Å². The summed E-state index contributed by atoms with van der Waals surface area (Å²) in [6.07, 6.45) is 13.3. The zero-order valence-corrected chi connectivity index (χ0v) is 20.2. The molecule has 0 saturated carbocycles. The van der Waals surface area contributed by atoms with Crippen LogP contribution in [0.25, 0.3) is 0 Å². The van der Waals surface area contributed by atoms with E-state index >= 15 is 0 Å². The number of aliphatic hydroxyl groups is 2. The molecule has 0 aromatic carbocycles. The first-order valence-electron chi connectivity index (χ1n) is 7.71. The van der Waals surface area contributed by atoms with E-state index < -0.39 is 10.4 Å². The monoisotopic (exact) mass is 374 g/mol. The van der Waals surface area contributed by atoms with Crippen LogP contribution in [0.4, 0.5) is 0 Å². The Morgan fingerprint density at radius 1 is 0.696 bits per heavy atom. The van der Waals surface area contributed by atoms with E-state index in [0.29, 0.717) is 6.61 Å². The van der Waals surface area contributed by atoms with Gasteiger partial charge in [-0.1, -0.05) is 64.7 Å². The smallest absolute Gasteiger partial charge is 0.759 e. The van der Waals surface area contributed by atoms with Crippen LogP contribution in [0.5, 0.6) is 0 Å². The van der Waals surface area contributed by atoms with Gasteiger partial charge in [-0.2, -0.15) is 0 Å². The first-order chi connectivity index (χ1) is 9.83. The molecule has 0 aromatic rings. The summed E-state index contributed by atoms with van der Waals surface area (Å²) in [6, 6.07) is 0. The average molecular weight is 374 g/mol. The Hall–Kier alpha value is 1.79. The van der Waals surface area contributed by atoms with E-state index in [0.717, 1.165) is 6.42 Å². The maximum absolute atomic E-state index is 8.57. The van der Waals surface area contributed by atoms with Crippen LogP contribution in [0.1, 0.15) is 78.1 Å². The van der Waals surface area contributed by atoms with Crippen LogP contribution < -0.4 is 59.1 Å². The summed E-state index contributed by atoms with van der Waals surface area (Å²) in [5.74, 6) is 0. The van der Waals surface area contributed by atoms with Gasteiger partial charge in [0.25, 0.3) is 0 Å². The fourth-order valence-electron chi connectivity index (χ4n) is 1.60. The number of hydrogen-bond acceptors (Lipinski definition) is 6. The van der Waals surface area contributed by atoms with E-state index in [1.807, 2.05) is 0 Å². The van der Waals surface area contributed by atoms with E-state index in [-0.39, 0.29) is 65.7 Å². The van der Waals surface area contributed by atoms with Gasteiger partial charge in [0, 0.05) is 23.6 Å². The molecule has 0 fully saturated rings. The van der Waals surface area contributed by atoms with Gasteiger partial charge in [-0.25, -0.2) is 0 Å². The van der Waals surface area contributed by atoms with Crippen molar-refractivity contribution in [1.29, 1.82) is 0 Å². The van der Waals surface area contributed by atoms with Crippen molar-refractivity contribution in [3.05, 3.63) is 0 Å². The Balaban J connectivity index is -0.0000000913. The summed E-state index contributed by atoms with van der Waals surface area (Å²) in [7, 11) is -5.17. The third-order valence-corrected chi connectivity index (χ3v) is 2.51. The summed E-state index contributed by atoms with van der Waals surface area (Å²) < 4.78 is 34.1. The van der Waals surface area contributed by atoms with Crippen molar-refractivity contribution in [3.63, 3.8) is 0 Å². The van der Waals surface area contributed by atoms with Gasteiger partial charge >= 0.3 is 59.1 Å². The van der Waals surface area contributed by atoms with Crippen LogP contribution in [-0.4, -0.2) is 41.0 Å². The van der Waals surface area contributed by atoms with Gasteiger partial charge < -0.3 is 19.3 Å². The third kappa shape index (κ3) is 81.3. The number of rotatable bonds is 10. The zero-order valence-electron chi connectivity index (χ0n) is 15.4. The van der Waals surface area contributed by atoms with Crippen molar-refractivity contribution in [2.45, 2.75) is 78.1 Å². The SMILES string of the molecule is CCCCCCCCCCCCO.CCO.O=S(=O)([O-])[O-].[Na+].[Na+]. The van der Waals surface area contributed by atoms with Crippen molar-refractivity contribution in [2.75, 3.05) is 13.2 Å². The molecule has 0 saturated heterocycles. The van der Waals surface area contributed by atoms with E-state index in [4.69, 9.17) is 27.7 Å². The zero-order chi connectivity index (χ0) is 17.0. The molecule has 2 N–H and O–H groups in total. The first kappa shape index (κ1) is 35.8. The average Bonchev–Trinajstić information content (AvgIpc) is 2.36. The molecule has 23 heavy (non-hydrogen) atoms. The van der Waals surface area contributed by atoms with Gasteiger partial charge in [0.1, 0.15) is 0 Å². The fraction of sp³-hybridized carbons (Fsp3) is 1.00. The Morgan fingerprint density at radius 3 is 1.13 bits per heavy atom. The maximum atomic E-state index is 8.57.